The van der Waals surface area contributed by atoms with Crippen LogP contribution >= 0.6 is 0 Å². The van der Waals surface area contributed by atoms with Gasteiger partial charge in [-0.05, 0) is 19.5 Å². The van der Waals surface area contributed by atoms with Crippen LogP contribution in [0.5, 0.6) is 0 Å². The van der Waals surface area contributed by atoms with Crippen LogP contribution in [0.1, 0.15) is 6.42 Å². The van der Waals surface area contributed by atoms with Crippen LogP contribution in [0.15, 0.2) is 0 Å². The lowest BCUT2D eigenvalue weighted by molar-refractivity contribution is 0.116. The highest BCUT2D eigenvalue weighted by atomic mass is 19.2. The summed E-state index contributed by atoms with van der Waals surface area (Å²) < 4.78 is 23.7. The lowest BCUT2D eigenvalue weighted by Gasteiger charge is -2.31. The lowest BCUT2D eigenvalue weighted by atomic mass is 10.2. The molecule has 1 rings (SSSR count). The van der Waals surface area contributed by atoms with Crippen LogP contribution < -0.4 is 0 Å². The van der Waals surface area contributed by atoms with Gasteiger partial charge in [-0.1, -0.05) is 0 Å². The molecule has 0 amide bonds. The van der Waals surface area contributed by atoms with Crippen molar-refractivity contribution in [2.45, 2.75) is 12.6 Å². The molecular formula is C6H11F2N. The first-order valence-electron chi connectivity index (χ1n) is 3.25. The molecule has 3 heteroatoms. The molecule has 9 heavy (non-hydrogen) atoms. The molecule has 1 fully saturated rings. The molecule has 1 atom stereocenters. The van der Waals surface area contributed by atoms with Gasteiger partial charge in [0.15, 0.2) is 0 Å². The van der Waals surface area contributed by atoms with Crippen molar-refractivity contribution in [3.8, 4) is 0 Å². The zero-order valence-corrected chi connectivity index (χ0v) is 5.32. The van der Waals surface area contributed by atoms with E-state index in [0.717, 1.165) is 19.5 Å². The minimum absolute atomic E-state index is 0.288. The molecule has 1 saturated heterocycles. The van der Waals surface area contributed by atoms with E-state index in [1.807, 2.05) is 4.90 Å². The maximum absolute atomic E-state index is 12.2. The summed E-state index contributed by atoms with van der Waals surface area (Å²) in [6.45, 7) is 1.34. The molecule has 0 aliphatic carbocycles. The third kappa shape index (κ3) is 1.90. The minimum atomic E-state index is -1.26. The predicted molar refractivity (Wildman–Crippen MR) is 31.9 cm³/mol. The third-order valence-electron chi connectivity index (χ3n) is 1.57. The Morgan fingerprint density at radius 3 is 2.44 bits per heavy atom. The van der Waals surface area contributed by atoms with Gasteiger partial charge in [0.2, 0.25) is 0 Å². The zero-order valence-electron chi connectivity index (χ0n) is 5.32. The van der Waals surface area contributed by atoms with E-state index in [2.05, 4.69) is 0 Å². The molecule has 1 aliphatic heterocycles. The van der Waals surface area contributed by atoms with E-state index < -0.39 is 12.8 Å². The summed E-state index contributed by atoms with van der Waals surface area (Å²) in [5, 5.41) is 0. The van der Waals surface area contributed by atoms with Gasteiger partial charge in [-0.2, -0.15) is 0 Å². The van der Waals surface area contributed by atoms with Crippen LogP contribution in [0, 0.1) is 0 Å². The molecule has 1 nitrogen and oxygen atoms in total. The van der Waals surface area contributed by atoms with Gasteiger partial charge in [0.25, 0.3) is 0 Å². The average Bonchev–Trinajstić information content (AvgIpc) is 1.78. The van der Waals surface area contributed by atoms with E-state index in [1.54, 1.807) is 0 Å². The van der Waals surface area contributed by atoms with Crippen LogP contribution in [0.3, 0.4) is 0 Å². The number of likely N-dealkylation sites (tertiary alicyclic amines) is 1. The highest BCUT2D eigenvalue weighted by Gasteiger charge is 2.17. The first-order valence-corrected chi connectivity index (χ1v) is 3.25. The fourth-order valence-electron chi connectivity index (χ4n) is 0.893. The number of hydrogen-bond acceptors (Lipinski definition) is 1. The molecule has 0 aromatic heterocycles. The molecule has 54 valence electrons. The molecule has 0 radical (unpaired) electrons. The molecule has 0 spiro atoms. The second-order valence-corrected chi connectivity index (χ2v) is 2.41. The number of alkyl halides is 2. The van der Waals surface area contributed by atoms with Crippen molar-refractivity contribution in [2.75, 3.05) is 26.3 Å². The Bertz CT molecular complexity index is 80.4. The maximum Gasteiger partial charge on any atom is 0.141 e. The molecule has 0 bridgehead atoms. The minimum Gasteiger partial charge on any atom is -0.300 e. The van der Waals surface area contributed by atoms with Crippen LogP contribution in [-0.4, -0.2) is 37.4 Å². The Kier molecular flexibility index (Phi) is 2.39. The monoisotopic (exact) mass is 135 g/mol. The van der Waals surface area contributed by atoms with Gasteiger partial charge in [-0.25, -0.2) is 8.78 Å². The van der Waals surface area contributed by atoms with Gasteiger partial charge in [-0.3, -0.25) is 0 Å². The molecule has 1 aliphatic rings. The lowest BCUT2D eigenvalue weighted by Crippen LogP contribution is -2.41. The van der Waals surface area contributed by atoms with Crippen molar-refractivity contribution in [3.63, 3.8) is 0 Å². The first-order chi connectivity index (χ1) is 4.33. The van der Waals surface area contributed by atoms with Gasteiger partial charge in [0.05, 0.1) is 0 Å². The highest BCUT2D eigenvalue weighted by Crippen LogP contribution is 2.07. The normalized spacial score (nSPS) is 23.3. The summed E-state index contributed by atoms with van der Waals surface area (Å²) in [5.74, 6) is 0. The molecule has 1 heterocycles. The van der Waals surface area contributed by atoms with Crippen LogP contribution in [0.25, 0.3) is 0 Å². The summed E-state index contributed by atoms with van der Waals surface area (Å²) in [4.78, 5) is 1.92. The van der Waals surface area contributed by atoms with E-state index in [4.69, 9.17) is 0 Å². The smallest absolute Gasteiger partial charge is 0.141 e. The predicted octanol–water partition coefficient (Wildman–Crippen LogP) is 1.000. The van der Waals surface area contributed by atoms with Gasteiger partial charge < -0.3 is 4.90 Å². The molecule has 0 aromatic rings. The van der Waals surface area contributed by atoms with Crippen LogP contribution in [0.4, 0.5) is 8.78 Å². The third-order valence-corrected chi connectivity index (χ3v) is 1.57. The summed E-state index contributed by atoms with van der Waals surface area (Å²) in [5.41, 5.74) is 0. The van der Waals surface area contributed by atoms with Crippen LogP contribution in [-0.2, 0) is 0 Å². The van der Waals surface area contributed by atoms with Gasteiger partial charge in [0.1, 0.15) is 12.8 Å². The van der Waals surface area contributed by atoms with Crippen molar-refractivity contribution in [2.24, 2.45) is 0 Å². The summed E-state index contributed by atoms with van der Waals surface area (Å²) in [7, 11) is 0. The fraction of sp³-hybridized carbons (Fsp3) is 1.00. The topological polar surface area (TPSA) is 3.24 Å². The van der Waals surface area contributed by atoms with E-state index in [1.165, 1.54) is 0 Å². The molecule has 1 unspecified atom stereocenters. The number of halogens is 2. The van der Waals surface area contributed by atoms with E-state index >= 15 is 0 Å². The average molecular weight is 135 g/mol. The highest BCUT2D eigenvalue weighted by molar-refractivity contribution is 4.71. The summed E-state index contributed by atoms with van der Waals surface area (Å²) >= 11 is 0. The molecule has 0 aromatic carbocycles. The zero-order chi connectivity index (χ0) is 6.69. The largest absolute Gasteiger partial charge is 0.300 e. The summed E-state index contributed by atoms with van der Waals surface area (Å²) in [6.07, 6.45) is -0.121. The van der Waals surface area contributed by atoms with Gasteiger partial charge in [-0.15, -0.1) is 0 Å². The van der Waals surface area contributed by atoms with E-state index in [0.29, 0.717) is 0 Å². The molecule has 0 N–H and O–H groups in total. The SMILES string of the molecule is FCC(F)CN1CCC1. The Morgan fingerprint density at radius 2 is 2.11 bits per heavy atom. The van der Waals surface area contributed by atoms with E-state index in [9.17, 15) is 8.78 Å². The fourth-order valence-corrected chi connectivity index (χ4v) is 0.893. The quantitative estimate of drug-likeness (QED) is 0.558. The van der Waals surface area contributed by atoms with Crippen molar-refractivity contribution in [1.29, 1.82) is 0 Å². The van der Waals surface area contributed by atoms with Crippen molar-refractivity contribution in [1.82, 2.24) is 4.90 Å². The summed E-state index contributed by atoms with van der Waals surface area (Å²) in [6, 6.07) is 0. The van der Waals surface area contributed by atoms with Crippen LogP contribution in [0.2, 0.25) is 0 Å². The van der Waals surface area contributed by atoms with Gasteiger partial charge >= 0.3 is 0 Å². The Morgan fingerprint density at radius 1 is 1.44 bits per heavy atom. The Hall–Kier alpha value is -0.180. The van der Waals surface area contributed by atoms with Crippen molar-refractivity contribution >= 4 is 0 Å². The number of rotatable bonds is 3. The Balaban J connectivity index is 2.01. The Labute approximate surface area is 53.6 Å². The second kappa shape index (κ2) is 3.11. The number of nitrogens with zero attached hydrogens (tertiary/aromatic N) is 1. The van der Waals surface area contributed by atoms with Crippen molar-refractivity contribution < 1.29 is 8.78 Å². The molecular weight excluding hydrogens is 124 g/mol. The maximum atomic E-state index is 12.2. The van der Waals surface area contributed by atoms with Gasteiger partial charge in [0, 0.05) is 6.54 Å². The first kappa shape index (κ1) is 6.93. The van der Waals surface area contributed by atoms with Crippen molar-refractivity contribution in [3.05, 3.63) is 0 Å². The molecule has 0 saturated carbocycles. The standard InChI is InChI=1S/C6H11F2N/c7-4-6(8)5-9-2-1-3-9/h6H,1-5H2. The second-order valence-electron chi connectivity index (χ2n) is 2.41. The number of hydrogen-bond donors (Lipinski definition) is 0. The van der Waals surface area contributed by atoms with E-state index in [-0.39, 0.29) is 6.54 Å².